The Hall–Kier alpha value is -7.31. The number of halogens is 4. The van der Waals surface area contributed by atoms with Crippen molar-refractivity contribution in [2.24, 2.45) is 0 Å². The number of nitrogens with one attached hydrogen (secondary N) is 3. The van der Waals surface area contributed by atoms with Crippen LogP contribution in [0.2, 0.25) is 0 Å². The Morgan fingerprint density at radius 1 is 0.729 bits per heavy atom. The number of carbonyl (C=O) groups is 1. The smallest absolute Gasteiger partial charge is 0.243 e. The van der Waals surface area contributed by atoms with Crippen molar-refractivity contribution >= 4 is 28.8 Å². The average Bonchev–Trinajstić information content (AvgIpc) is 4.07. The van der Waals surface area contributed by atoms with Gasteiger partial charge in [0.05, 0.1) is 36.9 Å². The largest absolute Gasteiger partial charge is 0.490 e. The second kappa shape index (κ2) is 17.9. The van der Waals surface area contributed by atoms with E-state index < -0.39 is 25.0 Å². The maximum Gasteiger partial charge on any atom is 0.243 e. The molecule has 2 unspecified atom stereocenters. The van der Waals surface area contributed by atoms with Gasteiger partial charge in [-0.3, -0.25) is 9.89 Å². The molecule has 0 radical (unpaired) electrons. The zero-order chi connectivity index (χ0) is 41.5. The lowest BCUT2D eigenvalue weighted by molar-refractivity contribution is 0.0921. The number of ether oxygens (including phenoxy) is 2. The van der Waals surface area contributed by atoms with E-state index in [4.69, 9.17) is 9.47 Å². The first kappa shape index (κ1) is 39.9. The molecule has 8 aromatic rings. The van der Waals surface area contributed by atoms with Crippen molar-refractivity contribution in [1.29, 1.82) is 0 Å². The minimum Gasteiger partial charge on any atom is -0.490 e. The number of rotatable bonds is 14. The fourth-order valence-corrected chi connectivity index (χ4v) is 6.21. The molecular formula is C40H38F4N12O3. The first-order valence-electron chi connectivity index (χ1n) is 18.3. The van der Waals surface area contributed by atoms with E-state index in [1.807, 2.05) is 13.8 Å². The third-order valence-corrected chi connectivity index (χ3v) is 9.04. The summed E-state index contributed by atoms with van der Waals surface area (Å²) in [5, 5.41) is 25.8. The van der Waals surface area contributed by atoms with Crippen molar-refractivity contribution in [3.63, 3.8) is 0 Å². The number of aromatic nitrogens is 10. The molecule has 6 heterocycles. The number of hydrogen-bond donors (Lipinski definition) is 3. The Morgan fingerprint density at radius 2 is 1.25 bits per heavy atom. The van der Waals surface area contributed by atoms with E-state index >= 15 is 0 Å². The third kappa shape index (κ3) is 9.14. The van der Waals surface area contributed by atoms with E-state index in [9.17, 15) is 22.4 Å². The molecule has 0 bridgehead atoms. The van der Waals surface area contributed by atoms with E-state index in [0.29, 0.717) is 56.7 Å². The first-order valence-corrected chi connectivity index (χ1v) is 18.3. The van der Waals surface area contributed by atoms with Gasteiger partial charge in [-0.2, -0.15) is 20.4 Å². The Bertz CT molecular complexity index is 2680. The molecule has 0 saturated heterocycles. The van der Waals surface area contributed by atoms with Crippen molar-refractivity contribution in [3.05, 3.63) is 121 Å². The van der Waals surface area contributed by atoms with Gasteiger partial charge in [0.2, 0.25) is 5.91 Å². The second-order valence-corrected chi connectivity index (χ2v) is 13.1. The summed E-state index contributed by atoms with van der Waals surface area (Å²) in [5.74, 6) is 0.948. The first-order chi connectivity index (χ1) is 28.6. The zero-order valence-corrected chi connectivity index (χ0v) is 32.0. The average molecular weight is 811 g/mol. The summed E-state index contributed by atoms with van der Waals surface area (Å²) in [4.78, 5) is 20.8. The molecule has 0 amide bonds. The minimum absolute atomic E-state index is 0.0839. The molecule has 0 aliphatic heterocycles. The van der Waals surface area contributed by atoms with Crippen LogP contribution in [0.4, 0.5) is 29.2 Å². The number of anilines is 2. The highest BCUT2D eigenvalue weighted by molar-refractivity contribution is 5.81. The van der Waals surface area contributed by atoms with Crippen molar-refractivity contribution in [1.82, 2.24) is 49.2 Å². The summed E-state index contributed by atoms with van der Waals surface area (Å²) in [7, 11) is 0. The van der Waals surface area contributed by atoms with Crippen molar-refractivity contribution in [3.8, 4) is 33.8 Å². The summed E-state index contributed by atoms with van der Waals surface area (Å²) in [6, 6.07) is 11.1. The molecule has 304 valence electrons. The van der Waals surface area contributed by atoms with Crippen LogP contribution in [0.25, 0.3) is 33.5 Å². The van der Waals surface area contributed by atoms with Crippen LogP contribution in [0.15, 0.2) is 98.1 Å². The van der Waals surface area contributed by atoms with Gasteiger partial charge in [-0.1, -0.05) is 0 Å². The molecule has 59 heavy (non-hydrogen) atoms. The molecule has 0 fully saturated rings. The number of nitrogens with zero attached hydrogens (tertiary/aromatic N) is 9. The fraction of sp³-hybridized carbons (Fsp3) is 0.225. The van der Waals surface area contributed by atoms with Crippen LogP contribution >= 0.6 is 0 Å². The highest BCUT2D eigenvalue weighted by Gasteiger charge is 2.18. The van der Waals surface area contributed by atoms with Gasteiger partial charge in [-0.05, 0) is 62.4 Å². The van der Waals surface area contributed by atoms with Gasteiger partial charge in [0, 0.05) is 65.1 Å². The third-order valence-electron chi connectivity index (χ3n) is 9.04. The van der Waals surface area contributed by atoms with Gasteiger partial charge in [-0.15, -0.1) is 0 Å². The van der Waals surface area contributed by atoms with Gasteiger partial charge >= 0.3 is 0 Å². The highest BCUT2D eigenvalue weighted by atomic mass is 19.1. The number of benzene rings is 2. The molecule has 2 atom stereocenters. The zero-order valence-electron chi connectivity index (χ0n) is 32.0. The highest BCUT2D eigenvalue weighted by Crippen LogP contribution is 2.31. The van der Waals surface area contributed by atoms with Gasteiger partial charge in [0.15, 0.2) is 11.3 Å². The van der Waals surface area contributed by atoms with Crippen LogP contribution in [0.3, 0.4) is 0 Å². The Kier molecular flexibility index (Phi) is 12.1. The van der Waals surface area contributed by atoms with Crippen molar-refractivity contribution < 1.29 is 31.8 Å². The van der Waals surface area contributed by atoms with E-state index in [2.05, 4.69) is 46.1 Å². The monoisotopic (exact) mass is 810 g/mol. The molecule has 3 N–H and O–H groups in total. The minimum atomic E-state index is -0.638. The quantitative estimate of drug-likeness (QED) is 0.0922. The van der Waals surface area contributed by atoms with Crippen LogP contribution in [-0.4, -0.2) is 81.6 Å². The Balaban J connectivity index is 0.000000180. The Morgan fingerprint density at radius 3 is 1.71 bits per heavy atom. The summed E-state index contributed by atoms with van der Waals surface area (Å²) in [6.07, 6.45) is 13.5. The van der Waals surface area contributed by atoms with E-state index in [-0.39, 0.29) is 31.2 Å². The number of aromatic amines is 1. The second-order valence-electron chi connectivity index (χ2n) is 13.1. The predicted octanol–water partition coefficient (Wildman–Crippen LogP) is 7.69. The van der Waals surface area contributed by atoms with Crippen LogP contribution in [0.1, 0.15) is 48.8 Å². The number of alkyl halides is 2. The lowest BCUT2D eigenvalue weighted by atomic mass is 10.1. The molecule has 0 saturated carbocycles. The number of fused-ring (bicyclic) bond motifs is 2. The lowest BCUT2D eigenvalue weighted by Crippen LogP contribution is -2.11. The normalized spacial score (nSPS) is 12.2. The van der Waals surface area contributed by atoms with Crippen LogP contribution in [0, 0.1) is 11.6 Å². The lowest BCUT2D eigenvalue weighted by Gasteiger charge is -2.19. The van der Waals surface area contributed by atoms with Crippen LogP contribution in [-0.2, 0) is 0 Å². The number of H-pyrrole nitrogens is 1. The molecule has 6 aromatic heterocycles. The molecule has 0 aliphatic carbocycles. The fourth-order valence-electron chi connectivity index (χ4n) is 6.21. The van der Waals surface area contributed by atoms with E-state index in [0.717, 1.165) is 11.1 Å². The number of carbonyl (C=O) groups excluding carboxylic acids is 1. The molecule has 0 spiro atoms. The standard InChI is InChI=1S/C21H20F2N6O2.C19H18F2N6O/c1-13(17-9-16(23)3-4-19(17)31-8-6-22)26-20-5-7-28-21(27-20)18(11-25-28)15-10-24-29(12-15)14(2)30;1-12(15-8-14(21)2-3-17(15)28-7-5-20)25-18-4-6-27-19(26-18)16(11-24-27)13-9-22-23-10-13/h3-5,7,9-13H,6,8H2,1-2H3,(H,26,27);2-4,6,8-12H,5,7H2,1H3,(H,22,23)(H,25,26). The van der Waals surface area contributed by atoms with Crippen molar-refractivity contribution in [2.75, 3.05) is 37.2 Å². The molecule has 19 heteroatoms. The van der Waals surface area contributed by atoms with Gasteiger partial charge in [0.25, 0.3) is 0 Å². The topological polar surface area (TPSA) is 166 Å². The summed E-state index contributed by atoms with van der Waals surface area (Å²) >= 11 is 0. The maximum atomic E-state index is 13.8. The number of hydrogen-bond acceptors (Lipinski definition) is 11. The van der Waals surface area contributed by atoms with E-state index in [1.165, 1.54) is 48.0 Å². The molecule has 2 aromatic carbocycles. The van der Waals surface area contributed by atoms with Crippen LogP contribution in [0.5, 0.6) is 11.5 Å². The Labute approximate surface area is 334 Å². The van der Waals surface area contributed by atoms with Gasteiger partial charge in [0.1, 0.15) is 61.3 Å². The molecular weight excluding hydrogens is 773 g/mol. The van der Waals surface area contributed by atoms with Gasteiger partial charge in [-0.25, -0.2) is 41.2 Å². The van der Waals surface area contributed by atoms with Gasteiger partial charge < -0.3 is 20.1 Å². The van der Waals surface area contributed by atoms with Crippen molar-refractivity contribution in [2.45, 2.75) is 32.9 Å². The summed E-state index contributed by atoms with van der Waals surface area (Å²) < 4.78 is 67.9. The molecule has 0 aliphatic rings. The molecule has 8 rings (SSSR count). The summed E-state index contributed by atoms with van der Waals surface area (Å²) in [6.45, 7) is 3.66. The maximum absolute atomic E-state index is 13.8. The predicted molar refractivity (Wildman–Crippen MR) is 211 cm³/mol. The SMILES string of the molecule is CC(=O)n1cc(-c2cnn3ccc(NC(C)c4cc(F)ccc4OCCF)nc23)cn1.CC(Nc1ccn2ncc(-c3cn[nH]c3)c2n1)c1cc(F)ccc1OCCF. The van der Waals surface area contributed by atoms with Crippen LogP contribution < -0.4 is 20.1 Å². The van der Waals surface area contributed by atoms with E-state index in [1.54, 1.807) is 70.7 Å². The summed E-state index contributed by atoms with van der Waals surface area (Å²) in [5.41, 5.74) is 5.48. The molecule has 15 nitrogen and oxygen atoms in total.